The number of hydrogen-bond donors (Lipinski definition) is 2. The number of aromatic nitrogens is 3. The molecular formula is C31H21ClN4O4S. The molecular weight excluding hydrogens is 560 g/mol. The van der Waals surface area contributed by atoms with Crippen molar-refractivity contribution in [2.45, 2.75) is 6.42 Å². The molecule has 0 unspecified atom stereocenters. The van der Waals surface area contributed by atoms with Gasteiger partial charge in [0.2, 0.25) is 10.0 Å². The van der Waals surface area contributed by atoms with E-state index < -0.39 is 21.3 Å². The zero-order chi connectivity index (χ0) is 28.3. The molecule has 202 valence electrons. The van der Waals surface area contributed by atoms with Crippen molar-refractivity contribution in [3.05, 3.63) is 123 Å². The minimum Gasteiger partial charge on any atom is -0.306 e. The number of pyridine rings is 1. The second-order valence-electron chi connectivity index (χ2n) is 9.92. The Morgan fingerprint density at radius 2 is 1.68 bits per heavy atom. The molecule has 41 heavy (non-hydrogen) atoms. The van der Waals surface area contributed by atoms with Crippen LogP contribution < -0.4 is 16.0 Å². The molecule has 1 aliphatic heterocycles. The van der Waals surface area contributed by atoms with Crippen molar-refractivity contribution in [2.24, 2.45) is 0 Å². The number of hydrogen-bond acceptors (Lipinski definition) is 5. The number of halogens is 1. The monoisotopic (exact) mass is 580 g/mol. The highest BCUT2D eigenvalue weighted by Crippen LogP contribution is 2.39. The number of aryl methyl sites for hydroxylation is 1. The molecule has 0 fully saturated rings. The summed E-state index contributed by atoms with van der Waals surface area (Å²) in [4.78, 5) is 34.0. The number of benzene rings is 4. The van der Waals surface area contributed by atoms with E-state index in [0.29, 0.717) is 33.7 Å². The van der Waals surface area contributed by atoms with Crippen LogP contribution >= 0.6 is 11.6 Å². The van der Waals surface area contributed by atoms with Crippen LogP contribution in [-0.2, 0) is 16.4 Å². The summed E-state index contributed by atoms with van der Waals surface area (Å²) in [6.07, 6.45) is 3.61. The van der Waals surface area contributed by atoms with Crippen molar-refractivity contribution in [2.75, 3.05) is 10.5 Å². The topological polar surface area (TPSA) is 114 Å². The molecule has 0 saturated heterocycles. The minimum absolute atomic E-state index is 0.0241. The average Bonchev–Trinajstić information content (AvgIpc) is 2.96. The standard InChI is InChI=1S/C31H21ClN4O4S/c32-25-7-3-6-23(18-9-11-26-19(14-18)12-13-41(39,40)35-26)29(25)20-8-10-24-27(15-20)34-31(38)36(30(24)37)28-17-33-16-21-4-1-2-5-22(21)28/h1-11,14-17,35H,12-13H2,(H,34,38). The van der Waals surface area contributed by atoms with Crippen molar-refractivity contribution in [3.63, 3.8) is 0 Å². The first-order valence-electron chi connectivity index (χ1n) is 12.8. The molecule has 0 amide bonds. The van der Waals surface area contributed by atoms with E-state index in [-0.39, 0.29) is 5.75 Å². The molecule has 8 nitrogen and oxygen atoms in total. The zero-order valence-electron chi connectivity index (χ0n) is 21.4. The quantitative estimate of drug-likeness (QED) is 0.286. The van der Waals surface area contributed by atoms with Gasteiger partial charge in [0.1, 0.15) is 0 Å². The third-order valence-electron chi connectivity index (χ3n) is 7.41. The fourth-order valence-corrected chi connectivity index (χ4v) is 6.87. The molecule has 3 heterocycles. The predicted octanol–water partition coefficient (Wildman–Crippen LogP) is 5.51. The van der Waals surface area contributed by atoms with Crippen LogP contribution in [0.15, 0.2) is 101 Å². The van der Waals surface area contributed by atoms with Gasteiger partial charge in [-0.3, -0.25) is 14.5 Å². The van der Waals surface area contributed by atoms with Gasteiger partial charge in [-0.15, -0.1) is 0 Å². The van der Waals surface area contributed by atoms with Crippen molar-refractivity contribution in [1.29, 1.82) is 0 Å². The fraction of sp³-hybridized carbons (Fsp3) is 0.0645. The van der Waals surface area contributed by atoms with E-state index in [2.05, 4.69) is 14.7 Å². The molecule has 0 spiro atoms. The van der Waals surface area contributed by atoms with Crippen LogP contribution in [-0.4, -0.2) is 28.7 Å². The fourth-order valence-electron chi connectivity index (χ4n) is 5.46. The first-order chi connectivity index (χ1) is 19.8. The highest BCUT2D eigenvalue weighted by Gasteiger charge is 2.22. The van der Waals surface area contributed by atoms with Gasteiger partial charge in [-0.05, 0) is 59.0 Å². The third kappa shape index (κ3) is 4.30. The van der Waals surface area contributed by atoms with E-state index in [0.717, 1.165) is 43.2 Å². The summed E-state index contributed by atoms with van der Waals surface area (Å²) in [6.45, 7) is 0. The number of nitrogens with zero attached hydrogens (tertiary/aromatic N) is 2. The number of sulfonamides is 1. The van der Waals surface area contributed by atoms with E-state index in [4.69, 9.17) is 11.6 Å². The highest BCUT2D eigenvalue weighted by molar-refractivity contribution is 7.92. The summed E-state index contributed by atoms with van der Waals surface area (Å²) in [7, 11) is -3.32. The van der Waals surface area contributed by atoms with Crippen molar-refractivity contribution in [3.8, 4) is 27.9 Å². The van der Waals surface area contributed by atoms with E-state index in [9.17, 15) is 18.0 Å². The number of anilines is 1. The summed E-state index contributed by atoms with van der Waals surface area (Å²) >= 11 is 6.73. The molecule has 4 aromatic carbocycles. The van der Waals surface area contributed by atoms with Crippen molar-refractivity contribution >= 4 is 49.0 Å². The zero-order valence-corrected chi connectivity index (χ0v) is 23.0. The van der Waals surface area contributed by atoms with Gasteiger partial charge in [-0.2, -0.15) is 0 Å². The molecule has 7 rings (SSSR count). The maximum atomic E-state index is 13.6. The molecule has 0 atom stereocenters. The van der Waals surface area contributed by atoms with Gasteiger partial charge < -0.3 is 4.98 Å². The van der Waals surface area contributed by atoms with Gasteiger partial charge in [0.25, 0.3) is 5.56 Å². The lowest BCUT2D eigenvalue weighted by Gasteiger charge is -2.20. The Hall–Kier alpha value is -4.73. The Balaban J connectivity index is 1.37. The Labute approximate surface area is 238 Å². The van der Waals surface area contributed by atoms with Gasteiger partial charge in [-0.25, -0.2) is 17.8 Å². The summed E-state index contributed by atoms with van der Waals surface area (Å²) < 4.78 is 27.7. The smallest absolute Gasteiger partial charge is 0.306 e. The summed E-state index contributed by atoms with van der Waals surface area (Å²) in [5.41, 5.74) is 4.39. The highest BCUT2D eigenvalue weighted by atomic mass is 35.5. The number of nitrogens with one attached hydrogen (secondary N) is 2. The summed E-state index contributed by atoms with van der Waals surface area (Å²) in [5, 5.41) is 2.40. The van der Waals surface area contributed by atoms with Gasteiger partial charge in [0.15, 0.2) is 0 Å². The van der Waals surface area contributed by atoms with Crippen molar-refractivity contribution < 1.29 is 8.42 Å². The Bertz CT molecular complexity index is 2270. The number of aromatic amines is 1. The molecule has 2 aromatic heterocycles. The number of rotatable bonds is 3. The maximum absolute atomic E-state index is 13.6. The second kappa shape index (κ2) is 9.43. The van der Waals surface area contributed by atoms with Gasteiger partial charge in [0, 0.05) is 27.6 Å². The summed E-state index contributed by atoms with van der Waals surface area (Å²) in [5.74, 6) is 0.0241. The Morgan fingerprint density at radius 1 is 0.854 bits per heavy atom. The van der Waals surface area contributed by atoms with Crippen LogP contribution in [0.4, 0.5) is 5.69 Å². The van der Waals surface area contributed by atoms with E-state index >= 15 is 0 Å². The van der Waals surface area contributed by atoms with Crippen LogP contribution in [0.1, 0.15) is 5.56 Å². The van der Waals surface area contributed by atoms with Crippen LogP contribution in [0.2, 0.25) is 5.02 Å². The van der Waals surface area contributed by atoms with E-state index in [1.165, 1.54) is 6.20 Å². The lowest BCUT2D eigenvalue weighted by atomic mass is 9.92. The first kappa shape index (κ1) is 25.3. The number of fused-ring (bicyclic) bond motifs is 3. The largest absolute Gasteiger partial charge is 0.333 e. The Morgan fingerprint density at radius 3 is 2.56 bits per heavy atom. The van der Waals surface area contributed by atoms with Gasteiger partial charge >= 0.3 is 5.69 Å². The molecule has 10 heteroatoms. The average molecular weight is 581 g/mol. The SMILES string of the molecule is O=c1[nH]c2cc(-c3c(Cl)cccc3-c3ccc4c(c3)CCS(=O)(=O)N4)ccc2c(=O)n1-c1cncc2ccccc12. The van der Waals surface area contributed by atoms with Crippen LogP contribution in [0, 0.1) is 0 Å². The molecule has 0 radical (unpaired) electrons. The normalized spacial score (nSPS) is 14.1. The predicted molar refractivity (Wildman–Crippen MR) is 162 cm³/mol. The van der Waals surface area contributed by atoms with E-state index in [1.807, 2.05) is 54.6 Å². The molecule has 0 aliphatic carbocycles. The molecule has 6 aromatic rings. The lowest BCUT2D eigenvalue weighted by Crippen LogP contribution is -2.33. The Kier molecular flexibility index (Phi) is 5.81. The van der Waals surface area contributed by atoms with Crippen LogP contribution in [0.3, 0.4) is 0 Å². The van der Waals surface area contributed by atoms with Gasteiger partial charge in [0.05, 0.1) is 34.2 Å². The third-order valence-corrected chi connectivity index (χ3v) is 9.00. The van der Waals surface area contributed by atoms with Crippen LogP contribution in [0.25, 0.3) is 49.6 Å². The van der Waals surface area contributed by atoms with Crippen molar-refractivity contribution in [1.82, 2.24) is 14.5 Å². The van der Waals surface area contributed by atoms with Crippen LogP contribution in [0.5, 0.6) is 0 Å². The lowest BCUT2D eigenvalue weighted by molar-refractivity contribution is 0.599. The molecule has 0 saturated carbocycles. The molecule has 1 aliphatic rings. The second-order valence-corrected chi connectivity index (χ2v) is 12.2. The minimum atomic E-state index is -3.32. The summed E-state index contributed by atoms with van der Waals surface area (Å²) in [6, 6.07) is 23.8. The van der Waals surface area contributed by atoms with Gasteiger partial charge in [-0.1, -0.05) is 60.1 Å². The number of H-pyrrole nitrogens is 1. The maximum Gasteiger partial charge on any atom is 0.333 e. The molecule has 0 bridgehead atoms. The first-order valence-corrected chi connectivity index (χ1v) is 14.9. The molecule has 2 N–H and O–H groups in total. The van der Waals surface area contributed by atoms with E-state index in [1.54, 1.807) is 30.5 Å².